The maximum atomic E-state index is 11.6. The Morgan fingerprint density at radius 1 is 1.53 bits per heavy atom. The quantitative estimate of drug-likeness (QED) is 0.666. The monoisotopic (exact) mass is 200 g/mol. The minimum atomic E-state index is -0.324. The highest BCUT2D eigenvalue weighted by Crippen LogP contribution is 2.13. The zero-order chi connectivity index (χ0) is 11.0. The molecular weight excluding hydrogens is 192 g/mol. The molecule has 15 heavy (non-hydrogen) atoms. The lowest BCUT2D eigenvalue weighted by Crippen LogP contribution is -2.19. The molecule has 0 aliphatic heterocycles. The summed E-state index contributed by atoms with van der Waals surface area (Å²) < 4.78 is 1.39. The first-order valence-corrected chi connectivity index (χ1v) is 4.29. The van der Waals surface area contributed by atoms with Crippen molar-refractivity contribution in [1.29, 1.82) is 5.26 Å². The Kier molecular flexibility index (Phi) is 1.90. The van der Waals surface area contributed by atoms with Crippen LogP contribution >= 0.6 is 0 Å². The summed E-state index contributed by atoms with van der Waals surface area (Å²) in [4.78, 5) is 15.5. The Morgan fingerprint density at radius 2 is 2.27 bits per heavy atom. The highest BCUT2D eigenvalue weighted by atomic mass is 16.1. The van der Waals surface area contributed by atoms with Gasteiger partial charge in [-0.05, 0) is 6.07 Å². The van der Waals surface area contributed by atoms with Gasteiger partial charge in [0.2, 0.25) is 0 Å². The summed E-state index contributed by atoms with van der Waals surface area (Å²) >= 11 is 0. The van der Waals surface area contributed by atoms with Crippen molar-refractivity contribution in [2.24, 2.45) is 7.05 Å². The Balaban J connectivity index is 2.99. The maximum absolute atomic E-state index is 11.6. The van der Waals surface area contributed by atoms with Crippen molar-refractivity contribution in [3.8, 4) is 6.07 Å². The molecule has 0 saturated carbocycles. The van der Waals surface area contributed by atoms with Crippen LogP contribution in [-0.2, 0) is 7.05 Å². The normalized spacial score (nSPS) is 10.1. The van der Waals surface area contributed by atoms with Gasteiger partial charge in [0.1, 0.15) is 17.5 Å². The van der Waals surface area contributed by atoms with Crippen LogP contribution in [0.4, 0.5) is 5.82 Å². The third kappa shape index (κ3) is 1.32. The van der Waals surface area contributed by atoms with E-state index in [0.717, 1.165) is 5.39 Å². The van der Waals surface area contributed by atoms with E-state index in [4.69, 9.17) is 11.0 Å². The van der Waals surface area contributed by atoms with Gasteiger partial charge < -0.3 is 10.3 Å². The molecule has 0 aliphatic carbocycles. The fourth-order valence-electron chi connectivity index (χ4n) is 1.46. The SMILES string of the molecule is Cn1c(=O)c(C#N)cc2cnc(N)cc21. The molecule has 74 valence electrons. The third-order valence-electron chi connectivity index (χ3n) is 2.25. The van der Waals surface area contributed by atoms with Crippen LogP contribution in [0.25, 0.3) is 10.9 Å². The second kappa shape index (κ2) is 3.10. The minimum absolute atomic E-state index is 0.108. The summed E-state index contributed by atoms with van der Waals surface area (Å²) in [6, 6.07) is 4.98. The largest absolute Gasteiger partial charge is 0.384 e. The van der Waals surface area contributed by atoms with Gasteiger partial charge in [0.25, 0.3) is 5.56 Å². The van der Waals surface area contributed by atoms with Gasteiger partial charge in [0.05, 0.1) is 5.52 Å². The van der Waals surface area contributed by atoms with E-state index >= 15 is 0 Å². The summed E-state index contributed by atoms with van der Waals surface area (Å²) in [5.74, 6) is 0.349. The Bertz CT molecular complexity index is 636. The first-order chi connectivity index (χ1) is 7.13. The lowest BCUT2D eigenvalue weighted by Gasteiger charge is -2.05. The van der Waals surface area contributed by atoms with Crippen molar-refractivity contribution < 1.29 is 0 Å². The van der Waals surface area contributed by atoms with Crippen LogP contribution < -0.4 is 11.3 Å². The van der Waals surface area contributed by atoms with E-state index in [0.29, 0.717) is 11.3 Å². The van der Waals surface area contributed by atoms with Crippen LogP contribution in [-0.4, -0.2) is 9.55 Å². The summed E-state index contributed by atoms with van der Waals surface area (Å²) in [6.45, 7) is 0. The zero-order valence-corrected chi connectivity index (χ0v) is 8.06. The number of nitrogens with two attached hydrogens (primary N) is 1. The van der Waals surface area contributed by atoms with Crippen LogP contribution in [0.1, 0.15) is 5.56 Å². The first-order valence-electron chi connectivity index (χ1n) is 4.29. The Morgan fingerprint density at radius 3 is 2.93 bits per heavy atom. The number of hydrogen-bond donors (Lipinski definition) is 1. The summed E-state index contributed by atoms with van der Waals surface area (Å²) in [5, 5.41) is 9.47. The molecule has 0 radical (unpaired) electrons. The van der Waals surface area contributed by atoms with E-state index in [1.165, 1.54) is 10.6 Å². The number of pyridine rings is 2. The predicted molar refractivity (Wildman–Crippen MR) is 56.1 cm³/mol. The van der Waals surface area contributed by atoms with E-state index in [-0.39, 0.29) is 11.1 Å². The zero-order valence-electron chi connectivity index (χ0n) is 8.06. The third-order valence-corrected chi connectivity index (χ3v) is 2.25. The lowest BCUT2D eigenvalue weighted by atomic mass is 10.2. The van der Waals surface area contributed by atoms with E-state index in [2.05, 4.69) is 4.98 Å². The maximum Gasteiger partial charge on any atom is 0.268 e. The van der Waals surface area contributed by atoms with Gasteiger partial charge in [0, 0.05) is 24.7 Å². The van der Waals surface area contributed by atoms with Gasteiger partial charge in [-0.15, -0.1) is 0 Å². The molecule has 0 bridgehead atoms. The molecule has 0 saturated heterocycles. The highest BCUT2D eigenvalue weighted by molar-refractivity contribution is 5.81. The molecule has 0 aliphatic rings. The molecule has 0 atom stereocenters. The summed E-state index contributed by atoms with van der Waals surface area (Å²) in [6.07, 6.45) is 1.55. The van der Waals surface area contributed by atoms with Gasteiger partial charge in [-0.2, -0.15) is 5.26 Å². The molecule has 5 heteroatoms. The first kappa shape index (κ1) is 9.21. The van der Waals surface area contributed by atoms with Gasteiger partial charge in [-0.3, -0.25) is 4.79 Å². The predicted octanol–water partition coefficient (Wildman–Crippen LogP) is 0.387. The van der Waals surface area contributed by atoms with Crippen LogP contribution in [0.5, 0.6) is 0 Å². The van der Waals surface area contributed by atoms with E-state index in [9.17, 15) is 4.79 Å². The fraction of sp³-hybridized carbons (Fsp3) is 0.100. The second-order valence-corrected chi connectivity index (χ2v) is 3.20. The number of nitrogen functional groups attached to an aromatic ring is 1. The lowest BCUT2D eigenvalue weighted by molar-refractivity contribution is 0.900. The number of anilines is 1. The molecule has 0 unspecified atom stereocenters. The number of nitrogens with zero attached hydrogens (tertiary/aromatic N) is 3. The van der Waals surface area contributed by atoms with E-state index in [1.807, 2.05) is 6.07 Å². The molecule has 0 amide bonds. The number of fused-ring (bicyclic) bond motifs is 1. The highest BCUT2D eigenvalue weighted by Gasteiger charge is 2.06. The van der Waals surface area contributed by atoms with E-state index < -0.39 is 0 Å². The number of aryl methyl sites for hydroxylation is 1. The molecule has 2 N–H and O–H groups in total. The minimum Gasteiger partial charge on any atom is -0.384 e. The Hall–Kier alpha value is -2.35. The fourth-order valence-corrected chi connectivity index (χ4v) is 1.46. The molecule has 2 heterocycles. The molecule has 0 aromatic carbocycles. The van der Waals surface area contributed by atoms with Gasteiger partial charge in [-0.1, -0.05) is 0 Å². The standard InChI is InChI=1S/C10H8N4O/c1-14-8-3-9(12)13-5-7(8)2-6(4-11)10(14)15/h2-3,5H,1H3,(H2,12,13). The van der Waals surface area contributed by atoms with Crippen LogP contribution in [0.15, 0.2) is 23.1 Å². The van der Waals surface area contributed by atoms with Crippen molar-refractivity contribution in [3.63, 3.8) is 0 Å². The van der Waals surface area contributed by atoms with Crippen LogP contribution in [0.3, 0.4) is 0 Å². The smallest absolute Gasteiger partial charge is 0.268 e. The van der Waals surface area contributed by atoms with E-state index in [1.54, 1.807) is 19.3 Å². The van der Waals surface area contributed by atoms with Crippen molar-refractivity contribution in [3.05, 3.63) is 34.2 Å². The molecule has 5 nitrogen and oxygen atoms in total. The van der Waals surface area contributed by atoms with Crippen LogP contribution in [0, 0.1) is 11.3 Å². The van der Waals surface area contributed by atoms with Crippen LogP contribution in [0.2, 0.25) is 0 Å². The van der Waals surface area contributed by atoms with Crippen molar-refractivity contribution in [2.45, 2.75) is 0 Å². The van der Waals surface area contributed by atoms with Gasteiger partial charge in [-0.25, -0.2) is 4.98 Å². The van der Waals surface area contributed by atoms with Gasteiger partial charge >= 0.3 is 0 Å². The molecular formula is C10H8N4O. The number of rotatable bonds is 0. The van der Waals surface area contributed by atoms with Crippen molar-refractivity contribution in [1.82, 2.24) is 9.55 Å². The second-order valence-electron chi connectivity index (χ2n) is 3.20. The topological polar surface area (TPSA) is 84.7 Å². The summed E-state index contributed by atoms with van der Waals surface area (Å²) in [7, 11) is 1.60. The molecule has 2 aromatic rings. The Labute approximate surface area is 85.4 Å². The van der Waals surface area contributed by atoms with Gasteiger partial charge in [0.15, 0.2) is 0 Å². The number of nitriles is 1. The van der Waals surface area contributed by atoms with Crippen molar-refractivity contribution >= 4 is 16.7 Å². The number of hydrogen-bond acceptors (Lipinski definition) is 4. The molecule has 0 fully saturated rings. The molecule has 2 rings (SSSR count). The molecule has 2 aromatic heterocycles. The summed E-state index contributed by atoms with van der Waals surface area (Å²) in [5.41, 5.74) is 5.98. The average Bonchev–Trinajstić information content (AvgIpc) is 2.24. The number of aromatic nitrogens is 2. The average molecular weight is 200 g/mol. The molecule has 0 spiro atoms. The van der Waals surface area contributed by atoms with Crippen molar-refractivity contribution in [2.75, 3.05) is 5.73 Å².